The zero-order valence-electron chi connectivity index (χ0n) is 11.6. The second kappa shape index (κ2) is 5.02. The van der Waals surface area contributed by atoms with Gasteiger partial charge in [-0.05, 0) is 31.9 Å². The summed E-state index contributed by atoms with van der Waals surface area (Å²) in [5.74, 6) is 0.871. The van der Waals surface area contributed by atoms with Crippen molar-refractivity contribution in [3.63, 3.8) is 0 Å². The highest BCUT2D eigenvalue weighted by Crippen LogP contribution is 2.33. The molecule has 1 heterocycles. The molecule has 0 amide bonds. The number of rotatable bonds is 3. The number of nitrogens with zero attached hydrogens (tertiary/aromatic N) is 1. The van der Waals surface area contributed by atoms with Crippen molar-refractivity contribution in [3.05, 3.63) is 35.9 Å². The van der Waals surface area contributed by atoms with Gasteiger partial charge in [-0.2, -0.15) is 0 Å². The minimum Gasteiger partial charge on any atom is -0.389 e. The van der Waals surface area contributed by atoms with Gasteiger partial charge in [0.15, 0.2) is 0 Å². The van der Waals surface area contributed by atoms with Gasteiger partial charge in [0.05, 0.1) is 5.52 Å². The van der Waals surface area contributed by atoms with E-state index in [0.29, 0.717) is 4.99 Å². The fraction of sp³-hybridized carbons (Fsp3) is 0.375. The predicted octanol–water partition coefficient (Wildman–Crippen LogP) is 3.61. The minimum atomic E-state index is 0.142. The van der Waals surface area contributed by atoms with Crippen LogP contribution in [0, 0.1) is 0 Å². The van der Waals surface area contributed by atoms with E-state index in [9.17, 15) is 0 Å². The van der Waals surface area contributed by atoms with Gasteiger partial charge in [-0.25, -0.2) is 4.98 Å². The van der Waals surface area contributed by atoms with E-state index in [1.165, 1.54) is 25.7 Å². The molecule has 0 radical (unpaired) electrons. The van der Waals surface area contributed by atoms with Crippen molar-refractivity contribution in [2.24, 2.45) is 5.73 Å². The lowest BCUT2D eigenvalue weighted by atomic mass is 10.0. The number of hydrogen-bond donors (Lipinski definition) is 2. The molecule has 3 rings (SSSR count). The van der Waals surface area contributed by atoms with Crippen molar-refractivity contribution in [3.8, 4) is 0 Å². The molecule has 1 aliphatic carbocycles. The van der Waals surface area contributed by atoms with E-state index in [2.05, 4.69) is 12.2 Å². The van der Waals surface area contributed by atoms with Crippen LogP contribution in [0.15, 0.2) is 30.3 Å². The Morgan fingerprint density at radius 2 is 2.00 bits per heavy atom. The van der Waals surface area contributed by atoms with Gasteiger partial charge >= 0.3 is 0 Å². The van der Waals surface area contributed by atoms with E-state index in [0.717, 1.165) is 22.3 Å². The average Bonchev–Trinajstić information content (AvgIpc) is 2.84. The van der Waals surface area contributed by atoms with Gasteiger partial charge in [0.25, 0.3) is 0 Å². The summed E-state index contributed by atoms with van der Waals surface area (Å²) in [5, 5.41) is 4.59. The van der Waals surface area contributed by atoms with Crippen LogP contribution in [0.1, 0.15) is 38.2 Å². The largest absolute Gasteiger partial charge is 0.389 e. The van der Waals surface area contributed by atoms with Crippen LogP contribution in [0.4, 0.5) is 5.82 Å². The topological polar surface area (TPSA) is 50.9 Å². The molecule has 0 aliphatic heterocycles. The van der Waals surface area contributed by atoms with Gasteiger partial charge < -0.3 is 11.1 Å². The van der Waals surface area contributed by atoms with E-state index < -0.39 is 0 Å². The molecule has 104 valence electrons. The normalized spacial score (nSPS) is 17.2. The third-order valence-corrected chi connectivity index (χ3v) is 4.34. The molecular weight excluding hydrogens is 266 g/mol. The van der Waals surface area contributed by atoms with Crippen LogP contribution in [0.2, 0.25) is 0 Å². The van der Waals surface area contributed by atoms with E-state index >= 15 is 0 Å². The number of nitrogens with two attached hydrogens (primary N) is 1. The molecular formula is C16H19N3S. The molecule has 0 atom stereocenters. The van der Waals surface area contributed by atoms with Crippen LogP contribution in [0.5, 0.6) is 0 Å². The van der Waals surface area contributed by atoms with Crippen LogP contribution >= 0.6 is 12.2 Å². The third-order valence-electron chi connectivity index (χ3n) is 4.12. The molecule has 1 aromatic heterocycles. The first kappa shape index (κ1) is 13.3. The SMILES string of the molecule is CC1(Nc2cc(C(N)=S)c3ccccc3n2)CCCC1. The number of thiocarbonyl (C=S) groups is 1. The Hall–Kier alpha value is -1.68. The zero-order valence-corrected chi connectivity index (χ0v) is 12.5. The second-order valence-electron chi connectivity index (χ2n) is 5.83. The number of pyridine rings is 1. The van der Waals surface area contributed by atoms with Crippen LogP contribution in [-0.4, -0.2) is 15.5 Å². The molecule has 0 spiro atoms. The number of para-hydroxylation sites is 1. The van der Waals surface area contributed by atoms with Gasteiger partial charge in [-0.1, -0.05) is 43.3 Å². The number of benzene rings is 1. The maximum atomic E-state index is 5.87. The zero-order chi connectivity index (χ0) is 14.2. The van der Waals surface area contributed by atoms with Gasteiger partial charge in [-0.3, -0.25) is 0 Å². The summed E-state index contributed by atoms with van der Waals surface area (Å²) in [7, 11) is 0. The Balaban J connectivity index is 2.05. The number of aromatic nitrogens is 1. The standard InChI is InChI=1S/C16H19N3S/c1-16(8-4-5-9-16)19-14-10-12(15(17)20)11-6-2-3-7-13(11)18-14/h2-3,6-7,10H,4-5,8-9H2,1H3,(H2,17,20)(H,18,19). The molecule has 20 heavy (non-hydrogen) atoms. The first-order valence-electron chi connectivity index (χ1n) is 7.05. The first-order valence-corrected chi connectivity index (χ1v) is 7.46. The monoisotopic (exact) mass is 285 g/mol. The highest BCUT2D eigenvalue weighted by Gasteiger charge is 2.28. The van der Waals surface area contributed by atoms with Crippen molar-refractivity contribution in [2.45, 2.75) is 38.1 Å². The lowest BCUT2D eigenvalue weighted by Crippen LogP contribution is -2.31. The molecule has 1 aromatic carbocycles. The first-order chi connectivity index (χ1) is 9.57. The third kappa shape index (κ3) is 2.48. The maximum Gasteiger partial charge on any atom is 0.127 e. The Kier molecular flexibility index (Phi) is 3.34. The maximum absolute atomic E-state index is 5.87. The molecule has 3 N–H and O–H groups in total. The summed E-state index contributed by atoms with van der Waals surface area (Å²) in [6.07, 6.45) is 4.92. The molecule has 1 aliphatic rings. The highest BCUT2D eigenvalue weighted by atomic mass is 32.1. The molecule has 0 bridgehead atoms. The Morgan fingerprint density at radius 1 is 1.30 bits per heavy atom. The van der Waals surface area contributed by atoms with E-state index in [4.69, 9.17) is 22.9 Å². The van der Waals surface area contributed by atoms with Gasteiger partial charge in [-0.15, -0.1) is 0 Å². The number of hydrogen-bond acceptors (Lipinski definition) is 3. The van der Waals surface area contributed by atoms with Gasteiger partial charge in [0.2, 0.25) is 0 Å². The van der Waals surface area contributed by atoms with E-state index in [-0.39, 0.29) is 5.54 Å². The molecule has 1 saturated carbocycles. The number of anilines is 1. The summed E-state index contributed by atoms with van der Waals surface area (Å²) in [5.41, 5.74) is 7.84. The molecule has 3 nitrogen and oxygen atoms in total. The van der Waals surface area contributed by atoms with Crippen molar-refractivity contribution < 1.29 is 0 Å². The summed E-state index contributed by atoms with van der Waals surface area (Å²) >= 11 is 5.18. The summed E-state index contributed by atoms with van der Waals surface area (Å²) in [6, 6.07) is 9.96. The summed E-state index contributed by atoms with van der Waals surface area (Å²) in [6.45, 7) is 2.26. The Bertz CT molecular complexity index is 660. The summed E-state index contributed by atoms with van der Waals surface area (Å²) in [4.78, 5) is 5.12. The predicted molar refractivity (Wildman–Crippen MR) is 88.1 cm³/mol. The average molecular weight is 285 g/mol. The lowest BCUT2D eigenvalue weighted by molar-refractivity contribution is 0.531. The van der Waals surface area contributed by atoms with Crippen LogP contribution < -0.4 is 11.1 Å². The number of nitrogens with one attached hydrogen (secondary N) is 1. The van der Waals surface area contributed by atoms with Gasteiger partial charge in [0, 0.05) is 16.5 Å². The van der Waals surface area contributed by atoms with E-state index in [1.807, 2.05) is 30.3 Å². The fourth-order valence-electron chi connectivity index (χ4n) is 3.03. The fourth-order valence-corrected chi connectivity index (χ4v) is 3.20. The van der Waals surface area contributed by atoms with Crippen molar-refractivity contribution in [1.29, 1.82) is 0 Å². The van der Waals surface area contributed by atoms with Crippen molar-refractivity contribution in [1.82, 2.24) is 4.98 Å². The molecule has 1 fully saturated rings. The smallest absolute Gasteiger partial charge is 0.127 e. The van der Waals surface area contributed by atoms with Crippen molar-refractivity contribution in [2.75, 3.05) is 5.32 Å². The summed E-state index contributed by atoms with van der Waals surface area (Å²) < 4.78 is 0. The van der Waals surface area contributed by atoms with Crippen molar-refractivity contribution >= 4 is 33.9 Å². The highest BCUT2D eigenvalue weighted by molar-refractivity contribution is 7.80. The molecule has 2 aromatic rings. The quantitative estimate of drug-likeness (QED) is 0.846. The van der Waals surface area contributed by atoms with E-state index in [1.54, 1.807) is 0 Å². The Morgan fingerprint density at radius 3 is 2.70 bits per heavy atom. The number of fused-ring (bicyclic) bond motifs is 1. The van der Waals surface area contributed by atoms with Crippen LogP contribution in [-0.2, 0) is 0 Å². The van der Waals surface area contributed by atoms with Crippen LogP contribution in [0.3, 0.4) is 0 Å². The lowest BCUT2D eigenvalue weighted by Gasteiger charge is -2.26. The minimum absolute atomic E-state index is 0.142. The van der Waals surface area contributed by atoms with Crippen LogP contribution in [0.25, 0.3) is 10.9 Å². The Labute approximate surface area is 124 Å². The molecule has 0 unspecified atom stereocenters. The van der Waals surface area contributed by atoms with Gasteiger partial charge in [0.1, 0.15) is 10.8 Å². The molecule has 0 saturated heterocycles. The second-order valence-corrected chi connectivity index (χ2v) is 6.27. The molecule has 4 heteroatoms.